The number of carbonyl (C=O) groups is 1. The van der Waals surface area contributed by atoms with E-state index in [2.05, 4.69) is 22.3 Å². The standard InChI is InChI=1S/C9H15N5O/c1-2-14-7-8(6-13-14)5-11-3-4-12-9(10)15/h2,6-7,11H,1,3-5H2,(H3,10,12,15). The summed E-state index contributed by atoms with van der Waals surface area (Å²) in [5.41, 5.74) is 5.97. The van der Waals surface area contributed by atoms with Crippen LogP contribution in [0.4, 0.5) is 4.79 Å². The lowest BCUT2D eigenvalue weighted by Crippen LogP contribution is -2.35. The lowest BCUT2D eigenvalue weighted by atomic mass is 10.3. The lowest BCUT2D eigenvalue weighted by Gasteiger charge is -2.02. The first-order valence-electron chi connectivity index (χ1n) is 4.62. The molecular weight excluding hydrogens is 194 g/mol. The van der Waals surface area contributed by atoms with E-state index in [1.165, 1.54) is 0 Å². The van der Waals surface area contributed by atoms with E-state index in [0.717, 1.165) is 5.56 Å². The summed E-state index contributed by atoms with van der Waals surface area (Å²) >= 11 is 0. The van der Waals surface area contributed by atoms with Crippen molar-refractivity contribution in [3.63, 3.8) is 0 Å². The van der Waals surface area contributed by atoms with Crippen LogP contribution in [0.5, 0.6) is 0 Å². The van der Waals surface area contributed by atoms with Crippen LogP contribution in [0.2, 0.25) is 0 Å². The largest absolute Gasteiger partial charge is 0.352 e. The number of nitrogens with two attached hydrogens (primary N) is 1. The van der Waals surface area contributed by atoms with E-state index in [9.17, 15) is 4.79 Å². The molecule has 82 valence electrons. The normalized spacial score (nSPS) is 9.87. The highest BCUT2D eigenvalue weighted by Gasteiger charge is 1.96. The van der Waals surface area contributed by atoms with Crippen molar-refractivity contribution < 1.29 is 4.79 Å². The molecule has 1 heterocycles. The van der Waals surface area contributed by atoms with E-state index in [4.69, 9.17) is 5.73 Å². The number of nitrogens with zero attached hydrogens (tertiary/aromatic N) is 2. The van der Waals surface area contributed by atoms with Crippen molar-refractivity contribution in [1.82, 2.24) is 20.4 Å². The van der Waals surface area contributed by atoms with Crippen LogP contribution in [0.15, 0.2) is 19.0 Å². The van der Waals surface area contributed by atoms with Gasteiger partial charge in [-0.2, -0.15) is 5.10 Å². The molecule has 6 nitrogen and oxygen atoms in total. The molecule has 2 amide bonds. The van der Waals surface area contributed by atoms with Crippen LogP contribution in [0.25, 0.3) is 6.20 Å². The van der Waals surface area contributed by atoms with Gasteiger partial charge in [-0.05, 0) is 0 Å². The van der Waals surface area contributed by atoms with Crippen molar-refractivity contribution in [2.45, 2.75) is 6.54 Å². The maximum atomic E-state index is 10.3. The fourth-order valence-corrected chi connectivity index (χ4v) is 1.08. The maximum Gasteiger partial charge on any atom is 0.312 e. The zero-order chi connectivity index (χ0) is 11.1. The summed E-state index contributed by atoms with van der Waals surface area (Å²) in [6, 6.07) is -0.503. The van der Waals surface area contributed by atoms with Crippen LogP contribution in [-0.2, 0) is 6.54 Å². The van der Waals surface area contributed by atoms with Gasteiger partial charge in [0, 0.05) is 37.6 Å². The van der Waals surface area contributed by atoms with Gasteiger partial charge in [0.15, 0.2) is 0 Å². The average Bonchev–Trinajstić information content (AvgIpc) is 2.65. The fourth-order valence-electron chi connectivity index (χ4n) is 1.08. The third-order valence-electron chi connectivity index (χ3n) is 1.77. The highest BCUT2D eigenvalue weighted by molar-refractivity contribution is 5.71. The number of aromatic nitrogens is 2. The zero-order valence-corrected chi connectivity index (χ0v) is 8.44. The van der Waals surface area contributed by atoms with Crippen LogP contribution in [0.1, 0.15) is 5.56 Å². The zero-order valence-electron chi connectivity index (χ0n) is 8.44. The summed E-state index contributed by atoms with van der Waals surface area (Å²) in [5, 5.41) is 9.65. The van der Waals surface area contributed by atoms with Gasteiger partial charge in [0.05, 0.1) is 6.20 Å². The van der Waals surface area contributed by atoms with Crippen molar-refractivity contribution >= 4 is 12.2 Å². The molecule has 15 heavy (non-hydrogen) atoms. The molecule has 0 saturated heterocycles. The Bertz CT molecular complexity index is 333. The molecule has 0 aromatic carbocycles. The molecule has 0 bridgehead atoms. The number of carbonyl (C=O) groups excluding carboxylic acids is 1. The minimum Gasteiger partial charge on any atom is -0.352 e. The number of nitrogens with one attached hydrogen (secondary N) is 2. The molecule has 1 aromatic heterocycles. The maximum absolute atomic E-state index is 10.3. The first-order chi connectivity index (χ1) is 7.22. The van der Waals surface area contributed by atoms with Crippen molar-refractivity contribution in [3.05, 3.63) is 24.5 Å². The van der Waals surface area contributed by atoms with Crippen LogP contribution in [0, 0.1) is 0 Å². The number of primary amides is 1. The van der Waals surface area contributed by atoms with Gasteiger partial charge in [0.2, 0.25) is 0 Å². The molecule has 0 radical (unpaired) electrons. The summed E-state index contributed by atoms with van der Waals surface area (Å²) in [6.45, 7) is 5.48. The number of amides is 2. The number of urea groups is 1. The Labute approximate surface area is 88.1 Å². The second kappa shape index (κ2) is 5.82. The topological polar surface area (TPSA) is 85.0 Å². The lowest BCUT2D eigenvalue weighted by molar-refractivity contribution is 0.249. The molecule has 0 fully saturated rings. The monoisotopic (exact) mass is 209 g/mol. The van der Waals surface area contributed by atoms with Gasteiger partial charge in [-0.25, -0.2) is 9.48 Å². The van der Waals surface area contributed by atoms with Crippen molar-refractivity contribution in [2.75, 3.05) is 13.1 Å². The molecule has 0 atom stereocenters. The smallest absolute Gasteiger partial charge is 0.312 e. The van der Waals surface area contributed by atoms with Gasteiger partial charge in [0.25, 0.3) is 0 Å². The van der Waals surface area contributed by atoms with E-state index in [1.54, 1.807) is 17.1 Å². The quantitative estimate of drug-likeness (QED) is 0.564. The van der Waals surface area contributed by atoms with Crippen LogP contribution >= 0.6 is 0 Å². The Balaban J connectivity index is 2.14. The van der Waals surface area contributed by atoms with Gasteiger partial charge < -0.3 is 16.4 Å². The van der Waals surface area contributed by atoms with E-state index < -0.39 is 6.03 Å². The van der Waals surface area contributed by atoms with Crippen LogP contribution in [0.3, 0.4) is 0 Å². The SMILES string of the molecule is C=Cn1cc(CNCCNC(N)=O)cn1. The number of hydrogen-bond acceptors (Lipinski definition) is 3. The third-order valence-corrected chi connectivity index (χ3v) is 1.77. The second-order valence-corrected chi connectivity index (χ2v) is 2.98. The molecule has 1 aromatic rings. The molecule has 0 saturated carbocycles. The molecule has 1 rings (SSSR count). The molecule has 0 aliphatic carbocycles. The predicted octanol–water partition coefficient (Wildman–Crippen LogP) is -0.258. The summed E-state index contributed by atoms with van der Waals surface area (Å²) < 4.78 is 1.64. The minimum absolute atomic E-state index is 0.503. The van der Waals surface area contributed by atoms with E-state index in [1.807, 2.05) is 6.20 Å². The third kappa shape index (κ3) is 4.28. The Morgan fingerprint density at radius 1 is 1.67 bits per heavy atom. The Morgan fingerprint density at radius 3 is 3.07 bits per heavy atom. The summed E-state index contributed by atoms with van der Waals surface area (Å²) in [7, 11) is 0. The summed E-state index contributed by atoms with van der Waals surface area (Å²) in [6.07, 6.45) is 5.26. The molecule has 6 heteroatoms. The highest BCUT2D eigenvalue weighted by atomic mass is 16.2. The summed E-state index contributed by atoms with van der Waals surface area (Å²) in [5.74, 6) is 0. The average molecular weight is 209 g/mol. The Morgan fingerprint density at radius 2 is 2.47 bits per heavy atom. The van der Waals surface area contributed by atoms with Gasteiger partial charge >= 0.3 is 6.03 Å². The fraction of sp³-hybridized carbons (Fsp3) is 0.333. The van der Waals surface area contributed by atoms with Crippen LogP contribution < -0.4 is 16.4 Å². The first-order valence-corrected chi connectivity index (χ1v) is 4.62. The molecule has 0 aliphatic heterocycles. The highest BCUT2D eigenvalue weighted by Crippen LogP contribution is 1.96. The number of rotatable bonds is 6. The van der Waals surface area contributed by atoms with Gasteiger partial charge in [0.1, 0.15) is 0 Å². The van der Waals surface area contributed by atoms with Crippen molar-refractivity contribution in [1.29, 1.82) is 0 Å². The molecule has 0 aliphatic rings. The van der Waals surface area contributed by atoms with Gasteiger partial charge in [-0.15, -0.1) is 0 Å². The molecule has 4 N–H and O–H groups in total. The molecule has 0 unspecified atom stereocenters. The predicted molar refractivity (Wildman–Crippen MR) is 57.9 cm³/mol. The Kier molecular flexibility index (Phi) is 4.36. The first kappa shape index (κ1) is 11.3. The minimum atomic E-state index is -0.503. The Hall–Kier alpha value is -1.82. The molecule has 0 spiro atoms. The van der Waals surface area contributed by atoms with Crippen LogP contribution in [-0.4, -0.2) is 28.9 Å². The van der Waals surface area contributed by atoms with Gasteiger partial charge in [-0.1, -0.05) is 6.58 Å². The van der Waals surface area contributed by atoms with Gasteiger partial charge in [-0.3, -0.25) is 0 Å². The van der Waals surface area contributed by atoms with E-state index in [-0.39, 0.29) is 0 Å². The second-order valence-electron chi connectivity index (χ2n) is 2.98. The van der Waals surface area contributed by atoms with E-state index >= 15 is 0 Å². The van der Waals surface area contributed by atoms with Crippen molar-refractivity contribution in [3.8, 4) is 0 Å². The number of hydrogen-bond donors (Lipinski definition) is 3. The van der Waals surface area contributed by atoms with E-state index in [0.29, 0.717) is 19.6 Å². The molecular formula is C9H15N5O. The van der Waals surface area contributed by atoms with Crippen molar-refractivity contribution in [2.24, 2.45) is 5.73 Å². The summed E-state index contributed by atoms with van der Waals surface area (Å²) in [4.78, 5) is 10.3.